The standard InChI is InChI=1S/C11H23N3O2/c1-4-13-10(15)8-14(3)11(16)9(2)6-5-7-12/h9H,4-8,12H2,1-3H3,(H,13,15). The van der Waals surface area contributed by atoms with Gasteiger partial charge < -0.3 is 16.0 Å². The van der Waals surface area contributed by atoms with E-state index < -0.39 is 0 Å². The second kappa shape index (κ2) is 8.10. The van der Waals surface area contributed by atoms with Crippen molar-refractivity contribution < 1.29 is 9.59 Å². The first-order valence-electron chi connectivity index (χ1n) is 5.74. The Bertz CT molecular complexity index is 231. The molecule has 0 rings (SSSR count). The van der Waals surface area contributed by atoms with E-state index in [1.807, 2.05) is 13.8 Å². The quantitative estimate of drug-likeness (QED) is 0.643. The molecule has 1 atom stereocenters. The number of amides is 2. The highest BCUT2D eigenvalue weighted by Crippen LogP contribution is 2.07. The maximum absolute atomic E-state index is 11.8. The first-order valence-corrected chi connectivity index (χ1v) is 5.74. The summed E-state index contributed by atoms with van der Waals surface area (Å²) in [5, 5.41) is 2.66. The minimum Gasteiger partial charge on any atom is -0.355 e. The van der Waals surface area contributed by atoms with E-state index >= 15 is 0 Å². The van der Waals surface area contributed by atoms with Crippen molar-refractivity contribution in [2.45, 2.75) is 26.7 Å². The summed E-state index contributed by atoms with van der Waals surface area (Å²) in [6.07, 6.45) is 1.61. The van der Waals surface area contributed by atoms with Gasteiger partial charge in [0.05, 0.1) is 6.54 Å². The third-order valence-corrected chi connectivity index (χ3v) is 2.39. The largest absolute Gasteiger partial charge is 0.355 e. The van der Waals surface area contributed by atoms with Crippen molar-refractivity contribution in [3.8, 4) is 0 Å². The number of likely N-dealkylation sites (N-methyl/N-ethyl adjacent to an activating group) is 2. The molecule has 0 bridgehead atoms. The van der Waals surface area contributed by atoms with E-state index in [1.165, 1.54) is 4.90 Å². The van der Waals surface area contributed by atoms with E-state index in [4.69, 9.17) is 5.73 Å². The Balaban J connectivity index is 4.01. The van der Waals surface area contributed by atoms with Crippen LogP contribution in [0.3, 0.4) is 0 Å². The van der Waals surface area contributed by atoms with Gasteiger partial charge in [0.1, 0.15) is 0 Å². The fourth-order valence-electron chi connectivity index (χ4n) is 1.47. The summed E-state index contributed by atoms with van der Waals surface area (Å²) in [4.78, 5) is 24.5. The van der Waals surface area contributed by atoms with Crippen LogP contribution in [0.1, 0.15) is 26.7 Å². The molecule has 0 aromatic carbocycles. The summed E-state index contributed by atoms with van der Waals surface area (Å²) in [6.45, 7) is 5.02. The van der Waals surface area contributed by atoms with Gasteiger partial charge in [-0.2, -0.15) is 0 Å². The smallest absolute Gasteiger partial charge is 0.239 e. The molecule has 0 saturated heterocycles. The molecule has 2 amide bonds. The number of carbonyl (C=O) groups excluding carboxylic acids is 2. The SMILES string of the molecule is CCNC(=O)CN(C)C(=O)C(C)CCCN. The van der Waals surface area contributed by atoms with E-state index in [0.717, 1.165) is 12.8 Å². The molecule has 0 saturated carbocycles. The van der Waals surface area contributed by atoms with Gasteiger partial charge in [0, 0.05) is 19.5 Å². The Morgan fingerprint density at radius 2 is 2.06 bits per heavy atom. The van der Waals surface area contributed by atoms with Crippen molar-refractivity contribution in [3.63, 3.8) is 0 Å². The van der Waals surface area contributed by atoms with E-state index in [9.17, 15) is 9.59 Å². The first-order chi connectivity index (χ1) is 7.52. The summed E-state index contributed by atoms with van der Waals surface area (Å²) in [5.41, 5.74) is 5.38. The van der Waals surface area contributed by atoms with Crippen molar-refractivity contribution in [1.29, 1.82) is 0 Å². The number of carbonyl (C=O) groups is 2. The van der Waals surface area contributed by atoms with Gasteiger partial charge in [-0.1, -0.05) is 6.92 Å². The molecule has 0 aromatic rings. The normalized spacial score (nSPS) is 12.0. The van der Waals surface area contributed by atoms with Crippen LogP contribution >= 0.6 is 0 Å². The van der Waals surface area contributed by atoms with Crippen molar-refractivity contribution in [3.05, 3.63) is 0 Å². The third-order valence-electron chi connectivity index (χ3n) is 2.39. The summed E-state index contributed by atoms with van der Waals surface area (Å²) in [5.74, 6) is -0.188. The van der Waals surface area contributed by atoms with Gasteiger partial charge in [-0.3, -0.25) is 9.59 Å². The molecule has 0 fully saturated rings. The second-order valence-electron chi connectivity index (χ2n) is 3.98. The molecule has 5 heteroatoms. The van der Waals surface area contributed by atoms with Crippen LogP contribution in [0.2, 0.25) is 0 Å². The number of nitrogens with zero attached hydrogens (tertiary/aromatic N) is 1. The highest BCUT2D eigenvalue weighted by Gasteiger charge is 2.18. The average molecular weight is 229 g/mol. The molecule has 0 radical (unpaired) electrons. The maximum Gasteiger partial charge on any atom is 0.239 e. The van der Waals surface area contributed by atoms with E-state index in [0.29, 0.717) is 13.1 Å². The van der Waals surface area contributed by atoms with Gasteiger partial charge in [0.15, 0.2) is 0 Å². The molecule has 0 spiro atoms. The minimum atomic E-state index is -0.121. The fraction of sp³-hybridized carbons (Fsp3) is 0.818. The molecule has 1 unspecified atom stereocenters. The highest BCUT2D eigenvalue weighted by atomic mass is 16.2. The van der Waals surface area contributed by atoms with Crippen molar-refractivity contribution in [1.82, 2.24) is 10.2 Å². The van der Waals surface area contributed by atoms with Crippen LogP contribution in [0.25, 0.3) is 0 Å². The van der Waals surface area contributed by atoms with Crippen LogP contribution in [0, 0.1) is 5.92 Å². The Hall–Kier alpha value is -1.10. The zero-order chi connectivity index (χ0) is 12.6. The Morgan fingerprint density at radius 3 is 2.56 bits per heavy atom. The first kappa shape index (κ1) is 14.9. The lowest BCUT2D eigenvalue weighted by atomic mass is 10.0. The predicted octanol–water partition coefficient (Wildman–Crippen LogP) is -0.0441. The van der Waals surface area contributed by atoms with Crippen LogP contribution in [0.15, 0.2) is 0 Å². The minimum absolute atomic E-state index is 0.000275. The van der Waals surface area contributed by atoms with Crippen molar-refractivity contribution in [2.24, 2.45) is 11.7 Å². The second-order valence-corrected chi connectivity index (χ2v) is 3.98. The lowest BCUT2D eigenvalue weighted by molar-refractivity contribution is -0.137. The fourth-order valence-corrected chi connectivity index (χ4v) is 1.47. The highest BCUT2D eigenvalue weighted by molar-refractivity contribution is 5.85. The number of nitrogens with two attached hydrogens (primary N) is 1. The van der Waals surface area contributed by atoms with Gasteiger partial charge >= 0.3 is 0 Å². The summed E-state index contributed by atoms with van der Waals surface area (Å²) in [7, 11) is 1.65. The Morgan fingerprint density at radius 1 is 1.44 bits per heavy atom. The molecule has 0 aromatic heterocycles. The van der Waals surface area contributed by atoms with Crippen molar-refractivity contribution >= 4 is 11.8 Å². The molecular formula is C11H23N3O2. The van der Waals surface area contributed by atoms with Crippen molar-refractivity contribution in [2.75, 3.05) is 26.7 Å². The monoisotopic (exact) mass is 229 g/mol. The number of rotatable bonds is 7. The van der Waals surface area contributed by atoms with E-state index in [-0.39, 0.29) is 24.3 Å². The summed E-state index contributed by atoms with van der Waals surface area (Å²) < 4.78 is 0. The number of hydrogen-bond donors (Lipinski definition) is 2. The van der Waals surface area contributed by atoms with E-state index in [2.05, 4.69) is 5.32 Å². The average Bonchev–Trinajstić information content (AvgIpc) is 2.24. The summed E-state index contributed by atoms with van der Waals surface area (Å²) >= 11 is 0. The molecular weight excluding hydrogens is 206 g/mol. The Kier molecular flexibility index (Phi) is 7.54. The molecule has 94 valence electrons. The van der Waals surface area contributed by atoms with Crippen LogP contribution in [0.4, 0.5) is 0 Å². The summed E-state index contributed by atoms with van der Waals surface area (Å²) in [6, 6.07) is 0. The lowest BCUT2D eigenvalue weighted by Gasteiger charge is -2.20. The maximum atomic E-state index is 11.8. The molecule has 3 N–H and O–H groups in total. The van der Waals surface area contributed by atoms with Crippen LogP contribution in [-0.2, 0) is 9.59 Å². The van der Waals surface area contributed by atoms with Gasteiger partial charge in [0.25, 0.3) is 0 Å². The van der Waals surface area contributed by atoms with Gasteiger partial charge in [-0.15, -0.1) is 0 Å². The number of nitrogens with one attached hydrogen (secondary N) is 1. The molecule has 0 heterocycles. The van der Waals surface area contributed by atoms with Crippen LogP contribution in [0.5, 0.6) is 0 Å². The third kappa shape index (κ3) is 5.70. The Labute approximate surface area is 97.4 Å². The van der Waals surface area contributed by atoms with E-state index in [1.54, 1.807) is 7.05 Å². The molecule has 0 aliphatic carbocycles. The van der Waals surface area contributed by atoms with Gasteiger partial charge in [-0.05, 0) is 26.3 Å². The molecule has 5 nitrogen and oxygen atoms in total. The predicted molar refractivity (Wildman–Crippen MR) is 63.8 cm³/mol. The number of hydrogen-bond acceptors (Lipinski definition) is 3. The van der Waals surface area contributed by atoms with Crippen LogP contribution in [-0.4, -0.2) is 43.4 Å². The zero-order valence-corrected chi connectivity index (χ0v) is 10.5. The molecule has 0 aliphatic rings. The van der Waals surface area contributed by atoms with Crippen LogP contribution < -0.4 is 11.1 Å². The lowest BCUT2D eigenvalue weighted by Crippen LogP contribution is -2.40. The van der Waals surface area contributed by atoms with Gasteiger partial charge in [-0.25, -0.2) is 0 Å². The topological polar surface area (TPSA) is 75.4 Å². The molecule has 16 heavy (non-hydrogen) atoms. The van der Waals surface area contributed by atoms with Gasteiger partial charge in [0.2, 0.25) is 11.8 Å². The zero-order valence-electron chi connectivity index (χ0n) is 10.5. The molecule has 0 aliphatic heterocycles.